The fraction of sp³-hybridized carbons (Fsp3) is 0.500. The molecule has 23 heavy (non-hydrogen) atoms. The highest BCUT2D eigenvalue weighted by Gasteiger charge is 2.29. The van der Waals surface area contributed by atoms with E-state index >= 15 is 0 Å². The number of carbonyl (C=O) groups excluding carboxylic acids is 1. The average molecular weight is 334 g/mol. The number of halogens is 3. The zero-order chi connectivity index (χ0) is 17.3. The lowest BCUT2D eigenvalue weighted by molar-refractivity contribution is -0.154. The van der Waals surface area contributed by atoms with E-state index in [1.54, 1.807) is 0 Å². The summed E-state index contributed by atoms with van der Waals surface area (Å²) in [5.41, 5.74) is -0.0812. The molecule has 0 aliphatic carbocycles. The number of hydrogen-bond acceptors (Lipinski definition) is 4. The zero-order valence-electron chi connectivity index (χ0n) is 12.2. The number of carbonyl (C=O) groups is 2. The Balaban J connectivity index is 2.45. The SMILES string of the molecule is O=C(O)CCCCCNC(=O)c1cccnc1OCC(F)(F)F. The standard InChI is InChI=1S/C14H17F3N2O4/c15-14(16,17)9-23-13-10(5-4-8-19-13)12(22)18-7-3-1-2-6-11(20)21/h4-5,8H,1-3,6-7,9H2,(H,18,22)(H,20,21). The second-order valence-corrected chi connectivity index (χ2v) is 4.72. The summed E-state index contributed by atoms with van der Waals surface area (Å²) in [7, 11) is 0. The number of unbranched alkanes of at least 4 members (excludes halogenated alkanes) is 2. The first kappa shape index (κ1) is 18.7. The predicted molar refractivity (Wildman–Crippen MR) is 74.2 cm³/mol. The molecule has 0 saturated heterocycles. The number of carboxylic acids is 1. The number of rotatable bonds is 9. The summed E-state index contributed by atoms with van der Waals surface area (Å²) in [5.74, 6) is -1.85. The summed E-state index contributed by atoms with van der Waals surface area (Å²) >= 11 is 0. The quantitative estimate of drug-likeness (QED) is 0.677. The van der Waals surface area contributed by atoms with Crippen LogP contribution in [-0.4, -0.2) is 41.3 Å². The van der Waals surface area contributed by atoms with Crippen molar-refractivity contribution in [3.05, 3.63) is 23.9 Å². The lowest BCUT2D eigenvalue weighted by Gasteiger charge is -2.12. The number of carboxylic acid groups (broad SMARTS) is 1. The van der Waals surface area contributed by atoms with E-state index < -0.39 is 24.7 Å². The minimum atomic E-state index is -4.52. The van der Waals surface area contributed by atoms with Crippen molar-refractivity contribution in [3.8, 4) is 5.88 Å². The Hall–Kier alpha value is -2.32. The first-order valence-electron chi connectivity index (χ1n) is 6.94. The molecule has 0 radical (unpaired) electrons. The molecule has 1 rings (SSSR count). The van der Waals surface area contributed by atoms with Gasteiger partial charge in [0, 0.05) is 19.2 Å². The molecule has 0 fully saturated rings. The predicted octanol–water partition coefficient (Wildman–Crippen LogP) is 2.40. The first-order valence-corrected chi connectivity index (χ1v) is 6.94. The molecule has 0 aliphatic rings. The van der Waals surface area contributed by atoms with Crippen LogP contribution >= 0.6 is 0 Å². The fourth-order valence-corrected chi connectivity index (χ4v) is 1.70. The lowest BCUT2D eigenvalue weighted by atomic mass is 10.2. The average Bonchev–Trinajstić information content (AvgIpc) is 2.47. The highest BCUT2D eigenvalue weighted by molar-refractivity contribution is 5.96. The van der Waals surface area contributed by atoms with Crippen molar-refractivity contribution in [1.82, 2.24) is 10.3 Å². The van der Waals surface area contributed by atoms with Crippen molar-refractivity contribution in [2.24, 2.45) is 0 Å². The number of ether oxygens (including phenoxy) is 1. The Morgan fingerprint density at radius 3 is 2.65 bits per heavy atom. The van der Waals surface area contributed by atoms with Gasteiger partial charge in [-0.15, -0.1) is 0 Å². The Labute approximate surface area is 130 Å². The number of hydrogen-bond donors (Lipinski definition) is 2. The van der Waals surface area contributed by atoms with Gasteiger partial charge in [0.1, 0.15) is 5.56 Å². The van der Waals surface area contributed by atoms with Crippen LogP contribution in [-0.2, 0) is 4.79 Å². The molecule has 1 aromatic heterocycles. The molecule has 0 aromatic carbocycles. The Morgan fingerprint density at radius 1 is 1.26 bits per heavy atom. The topological polar surface area (TPSA) is 88.5 Å². The number of amides is 1. The molecule has 1 heterocycles. The van der Waals surface area contributed by atoms with E-state index in [-0.39, 0.29) is 24.4 Å². The van der Waals surface area contributed by atoms with Gasteiger partial charge in [-0.05, 0) is 25.0 Å². The molecule has 0 unspecified atom stereocenters. The van der Waals surface area contributed by atoms with Gasteiger partial charge in [-0.2, -0.15) is 13.2 Å². The van der Waals surface area contributed by atoms with Crippen molar-refractivity contribution in [2.45, 2.75) is 31.9 Å². The second kappa shape index (κ2) is 8.96. The fourth-order valence-electron chi connectivity index (χ4n) is 1.70. The van der Waals surface area contributed by atoms with Crippen molar-refractivity contribution >= 4 is 11.9 Å². The summed E-state index contributed by atoms with van der Waals surface area (Å²) in [5, 5.41) is 11.0. The van der Waals surface area contributed by atoms with Gasteiger partial charge in [-0.25, -0.2) is 4.98 Å². The number of alkyl halides is 3. The van der Waals surface area contributed by atoms with E-state index in [1.807, 2.05) is 0 Å². The van der Waals surface area contributed by atoms with Crippen molar-refractivity contribution in [2.75, 3.05) is 13.2 Å². The third-order valence-corrected chi connectivity index (χ3v) is 2.74. The van der Waals surface area contributed by atoms with Crippen molar-refractivity contribution < 1.29 is 32.6 Å². The maximum Gasteiger partial charge on any atom is 0.422 e. The minimum Gasteiger partial charge on any atom is -0.481 e. The Morgan fingerprint density at radius 2 is 2.00 bits per heavy atom. The van der Waals surface area contributed by atoms with Crippen LogP contribution in [0.5, 0.6) is 5.88 Å². The molecule has 1 amide bonds. The Kier molecular flexibility index (Phi) is 7.30. The summed E-state index contributed by atoms with van der Waals surface area (Å²) < 4.78 is 41.0. The van der Waals surface area contributed by atoms with E-state index in [4.69, 9.17) is 5.11 Å². The highest BCUT2D eigenvalue weighted by Crippen LogP contribution is 2.19. The normalized spacial score (nSPS) is 11.1. The molecule has 1 aromatic rings. The lowest BCUT2D eigenvalue weighted by Crippen LogP contribution is -2.26. The van der Waals surface area contributed by atoms with Crippen molar-refractivity contribution in [3.63, 3.8) is 0 Å². The molecular weight excluding hydrogens is 317 g/mol. The van der Waals surface area contributed by atoms with Gasteiger partial charge < -0.3 is 15.2 Å². The van der Waals surface area contributed by atoms with Gasteiger partial charge in [0.2, 0.25) is 5.88 Å². The van der Waals surface area contributed by atoms with E-state index in [1.165, 1.54) is 18.3 Å². The molecule has 6 nitrogen and oxygen atoms in total. The second-order valence-electron chi connectivity index (χ2n) is 4.72. The molecule has 0 spiro atoms. The summed E-state index contributed by atoms with van der Waals surface area (Å²) in [6.45, 7) is -1.24. The zero-order valence-corrected chi connectivity index (χ0v) is 12.2. The molecule has 0 atom stereocenters. The van der Waals surface area contributed by atoms with Crippen LogP contribution in [0, 0.1) is 0 Å². The summed E-state index contributed by atoms with van der Waals surface area (Å²) in [4.78, 5) is 25.9. The van der Waals surface area contributed by atoms with Gasteiger partial charge >= 0.3 is 12.1 Å². The van der Waals surface area contributed by atoms with Crippen LogP contribution in [0.4, 0.5) is 13.2 Å². The van der Waals surface area contributed by atoms with E-state index in [0.29, 0.717) is 19.3 Å². The summed E-state index contributed by atoms with van der Waals surface area (Å²) in [6.07, 6.45) is -1.54. The van der Waals surface area contributed by atoms with Crippen LogP contribution in [0.2, 0.25) is 0 Å². The van der Waals surface area contributed by atoms with Gasteiger partial charge in [-0.1, -0.05) is 6.42 Å². The van der Waals surface area contributed by atoms with Crippen LogP contribution < -0.4 is 10.1 Å². The van der Waals surface area contributed by atoms with Crippen LogP contribution in [0.25, 0.3) is 0 Å². The number of nitrogens with one attached hydrogen (secondary N) is 1. The highest BCUT2D eigenvalue weighted by atomic mass is 19.4. The molecule has 128 valence electrons. The van der Waals surface area contributed by atoms with Crippen LogP contribution in [0.15, 0.2) is 18.3 Å². The van der Waals surface area contributed by atoms with Crippen molar-refractivity contribution in [1.29, 1.82) is 0 Å². The third-order valence-electron chi connectivity index (χ3n) is 2.74. The largest absolute Gasteiger partial charge is 0.481 e. The van der Waals surface area contributed by atoms with E-state index in [0.717, 1.165) is 0 Å². The Bertz CT molecular complexity index is 535. The number of aliphatic carboxylic acids is 1. The van der Waals surface area contributed by atoms with E-state index in [2.05, 4.69) is 15.0 Å². The smallest absolute Gasteiger partial charge is 0.422 e. The number of aromatic nitrogens is 1. The maximum atomic E-state index is 12.2. The monoisotopic (exact) mass is 334 g/mol. The molecule has 0 aliphatic heterocycles. The number of nitrogens with zero attached hydrogens (tertiary/aromatic N) is 1. The van der Waals surface area contributed by atoms with Gasteiger partial charge in [0.05, 0.1) is 0 Å². The van der Waals surface area contributed by atoms with Gasteiger partial charge in [0.15, 0.2) is 6.61 Å². The number of pyridine rings is 1. The molecule has 0 saturated carbocycles. The van der Waals surface area contributed by atoms with Gasteiger partial charge in [0.25, 0.3) is 5.91 Å². The molecular formula is C14H17F3N2O4. The van der Waals surface area contributed by atoms with Crippen LogP contribution in [0.3, 0.4) is 0 Å². The minimum absolute atomic E-state index is 0.0615. The summed E-state index contributed by atoms with van der Waals surface area (Å²) in [6, 6.07) is 2.74. The first-order chi connectivity index (χ1) is 10.8. The van der Waals surface area contributed by atoms with Gasteiger partial charge in [-0.3, -0.25) is 9.59 Å². The maximum absolute atomic E-state index is 12.2. The molecule has 2 N–H and O–H groups in total. The van der Waals surface area contributed by atoms with E-state index in [9.17, 15) is 22.8 Å². The molecule has 0 bridgehead atoms. The third kappa shape index (κ3) is 8.03. The molecule has 9 heteroatoms. The van der Waals surface area contributed by atoms with Crippen LogP contribution in [0.1, 0.15) is 36.0 Å².